The lowest BCUT2D eigenvalue weighted by molar-refractivity contribution is 0.0784. The van der Waals surface area contributed by atoms with E-state index in [9.17, 15) is 9.59 Å². The summed E-state index contributed by atoms with van der Waals surface area (Å²) < 4.78 is 5.24. The Morgan fingerprint density at radius 3 is 2.82 bits per heavy atom. The molecule has 0 unspecified atom stereocenters. The van der Waals surface area contributed by atoms with E-state index in [2.05, 4.69) is 32.0 Å². The third kappa shape index (κ3) is 4.49. The first-order chi connectivity index (χ1) is 16.1. The molecule has 5 rings (SSSR count). The number of amides is 1. The van der Waals surface area contributed by atoms with E-state index < -0.39 is 0 Å². The van der Waals surface area contributed by atoms with Crippen molar-refractivity contribution in [1.82, 2.24) is 29.7 Å². The van der Waals surface area contributed by atoms with Crippen molar-refractivity contribution in [1.29, 1.82) is 0 Å². The van der Waals surface area contributed by atoms with E-state index in [4.69, 9.17) is 9.72 Å². The quantitative estimate of drug-likeness (QED) is 0.637. The molecule has 0 bridgehead atoms. The highest BCUT2D eigenvalue weighted by molar-refractivity contribution is 5.92. The Bertz CT molecular complexity index is 1200. The van der Waals surface area contributed by atoms with Crippen LogP contribution in [0.2, 0.25) is 0 Å². The zero-order valence-electron chi connectivity index (χ0n) is 18.5. The van der Waals surface area contributed by atoms with Gasteiger partial charge in [0.25, 0.3) is 11.5 Å². The number of nitrogens with one attached hydrogen (secondary N) is 1. The third-order valence-electron chi connectivity index (χ3n) is 6.38. The number of aromatic amines is 1. The van der Waals surface area contributed by atoms with Crippen LogP contribution in [-0.4, -0.2) is 62.4 Å². The molecule has 0 radical (unpaired) electrons. The number of ether oxygens (including phenoxy) is 1. The van der Waals surface area contributed by atoms with Gasteiger partial charge in [0.2, 0.25) is 0 Å². The van der Waals surface area contributed by atoms with Crippen molar-refractivity contribution < 1.29 is 9.53 Å². The van der Waals surface area contributed by atoms with Crippen molar-refractivity contribution in [2.24, 2.45) is 0 Å². The fourth-order valence-corrected chi connectivity index (χ4v) is 4.57. The summed E-state index contributed by atoms with van der Waals surface area (Å²) >= 11 is 0. The van der Waals surface area contributed by atoms with Crippen LogP contribution in [-0.2, 0) is 19.5 Å². The number of fused-ring (bicyclic) bond motifs is 1. The molecule has 1 N–H and O–H groups in total. The van der Waals surface area contributed by atoms with E-state index in [0.29, 0.717) is 37.6 Å². The molecule has 2 aromatic heterocycles. The number of aromatic nitrogens is 4. The first-order valence-electron chi connectivity index (χ1n) is 11.1. The molecule has 9 heteroatoms. The molecule has 170 valence electrons. The van der Waals surface area contributed by atoms with Crippen molar-refractivity contribution >= 4 is 5.91 Å². The lowest BCUT2D eigenvalue weighted by Gasteiger charge is -2.28. The average molecular weight is 447 g/mol. The van der Waals surface area contributed by atoms with Gasteiger partial charge in [-0.05, 0) is 30.5 Å². The normalized spacial score (nSPS) is 18.2. The number of carbonyl (C=O) groups is 1. The van der Waals surface area contributed by atoms with Crippen LogP contribution in [0.25, 0.3) is 0 Å². The molecule has 1 atom stereocenters. The topological polar surface area (TPSA) is 104 Å². The van der Waals surface area contributed by atoms with Crippen LogP contribution in [0.3, 0.4) is 0 Å². The van der Waals surface area contributed by atoms with E-state index in [1.165, 1.54) is 18.0 Å². The van der Waals surface area contributed by atoms with Gasteiger partial charge in [0, 0.05) is 56.6 Å². The van der Waals surface area contributed by atoms with Gasteiger partial charge in [0.05, 0.1) is 19.0 Å². The number of rotatable bonds is 5. The molecule has 33 heavy (non-hydrogen) atoms. The number of hydrogen-bond acceptors (Lipinski definition) is 7. The zero-order valence-corrected chi connectivity index (χ0v) is 18.5. The van der Waals surface area contributed by atoms with Gasteiger partial charge in [-0.1, -0.05) is 12.1 Å². The predicted molar refractivity (Wildman–Crippen MR) is 121 cm³/mol. The molecular formula is C24H26N6O3. The first kappa shape index (κ1) is 21.3. The summed E-state index contributed by atoms with van der Waals surface area (Å²) in [6, 6.07) is 8.05. The molecule has 3 aromatic rings. The largest absolute Gasteiger partial charge is 0.497 e. The van der Waals surface area contributed by atoms with E-state index in [1.54, 1.807) is 18.2 Å². The minimum absolute atomic E-state index is 0.000543. The summed E-state index contributed by atoms with van der Waals surface area (Å²) in [5, 5.41) is 0. The SMILES string of the molecule is COc1ccc(CN2CCc3c(nc([C@@H]4CCN(C(=O)c5cnccn5)C4)[nH]c3=O)C2)cc1. The Labute approximate surface area is 191 Å². The van der Waals surface area contributed by atoms with Crippen LogP contribution in [0.1, 0.15) is 45.5 Å². The fraction of sp³-hybridized carbons (Fsp3) is 0.375. The number of benzene rings is 1. The summed E-state index contributed by atoms with van der Waals surface area (Å²) in [6.07, 6.45) is 5.97. The minimum atomic E-state index is -0.142. The van der Waals surface area contributed by atoms with Crippen LogP contribution in [0.5, 0.6) is 5.75 Å². The number of hydrogen-bond donors (Lipinski definition) is 1. The van der Waals surface area contributed by atoms with Gasteiger partial charge in [-0.2, -0.15) is 0 Å². The standard InChI is InChI=1S/C24H26N6O3/c1-33-18-4-2-16(3-5-18)13-29-10-7-19-21(15-29)27-22(28-23(19)31)17-6-11-30(14-17)24(32)20-12-25-8-9-26-20/h2-5,8-9,12,17H,6-7,10-11,13-15H2,1H3,(H,27,28,31)/t17-/m1/s1. The van der Waals surface area contributed by atoms with E-state index in [0.717, 1.165) is 36.5 Å². The van der Waals surface area contributed by atoms with Crippen molar-refractivity contribution in [3.05, 3.63) is 81.5 Å². The van der Waals surface area contributed by atoms with Gasteiger partial charge < -0.3 is 14.6 Å². The van der Waals surface area contributed by atoms with Crippen molar-refractivity contribution in [3.8, 4) is 5.75 Å². The molecule has 4 heterocycles. The van der Waals surface area contributed by atoms with Crippen LogP contribution in [0.15, 0.2) is 47.7 Å². The van der Waals surface area contributed by atoms with Crippen molar-refractivity contribution in [3.63, 3.8) is 0 Å². The number of H-pyrrole nitrogens is 1. The Morgan fingerprint density at radius 2 is 2.06 bits per heavy atom. The summed E-state index contributed by atoms with van der Waals surface area (Å²) in [6.45, 7) is 3.34. The smallest absolute Gasteiger partial charge is 0.274 e. The molecule has 0 saturated carbocycles. The molecule has 0 spiro atoms. The second kappa shape index (κ2) is 9.11. The van der Waals surface area contributed by atoms with Gasteiger partial charge in [-0.15, -0.1) is 0 Å². The molecule has 0 aliphatic carbocycles. The van der Waals surface area contributed by atoms with E-state index in [1.807, 2.05) is 12.1 Å². The second-order valence-electron chi connectivity index (χ2n) is 8.51. The zero-order chi connectivity index (χ0) is 22.8. The monoisotopic (exact) mass is 446 g/mol. The molecule has 9 nitrogen and oxygen atoms in total. The fourth-order valence-electron chi connectivity index (χ4n) is 4.57. The molecule has 1 fully saturated rings. The number of likely N-dealkylation sites (tertiary alicyclic amines) is 1. The third-order valence-corrected chi connectivity index (χ3v) is 6.38. The van der Waals surface area contributed by atoms with Crippen molar-refractivity contribution in [2.45, 2.75) is 31.8 Å². The van der Waals surface area contributed by atoms with Crippen LogP contribution in [0, 0.1) is 0 Å². The molecule has 1 amide bonds. The molecule has 2 aliphatic rings. The lowest BCUT2D eigenvalue weighted by Crippen LogP contribution is -2.36. The predicted octanol–water partition coefficient (Wildman–Crippen LogP) is 1.76. The Morgan fingerprint density at radius 1 is 1.21 bits per heavy atom. The maximum absolute atomic E-state index is 12.8. The van der Waals surface area contributed by atoms with Gasteiger partial charge in [-0.3, -0.25) is 19.5 Å². The number of nitrogens with zero attached hydrogens (tertiary/aromatic N) is 5. The summed E-state index contributed by atoms with van der Waals surface area (Å²) in [5.74, 6) is 1.36. The minimum Gasteiger partial charge on any atom is -0.497 e. The van der Waals surface area contributed by atoms with Crippen LogP contribution in [0.4, 0.5) is 0 Å². The number of methoxy groups -OCH3 is 1. The first-order valence-corrected chi connectivity index (χ1v) is 11.1. The van der Waals surface area contributed by atoms with Gasteiger partial charge >= 0.3 is 0 Å². The second-order valence-corrected chi connectivity index (χ2v) is 8.51. The Hall–Kier alpha value is -3.59. The highest BCUT2D eigenvalue weighted by atomic mass is 16.5. The van der Waals surface area contributed by atoms with E-state index >= 15 is 0 Å². The summed E-state index contributed by atoms with van der Waals surface area (Å²) in [4.78, 5) is 45.5. The van der Waals surface area contributed by atoms with Gasteiger partial charge in [-0.25, -0.2) is 9.97 Å². The van der Waals surface area contributed by atoms with Gasteiger partial charge in [0.15, 0.2) is 0 Å². The maximum atomic E-state index is 12.8. The highest BCUT2D eigenvalue weighted by Crippen LogP contribution is 2.27. The molecule has 1 saturated heterocycles. The number of carbonyl (C=O) groups excluding carboxylic acids is 1. The Balaban J connectivity index is 1.29. The summed E-state index contributed by atoms with van der Waals surface area (Å²) in [5.41, 5.74) is 3.08. The van der Waals surface area contributed by atoms with E-state index in [-0.39, 0.29) is 17.4 Å². The van der Waals surface area contributed by atoms with Crippen LogP contribution < -0.4 is 10.3 Å². The lowest BCUT2D eigenvalue weighted by atomic mass is 10.0. The summed E-state index contributed by atoms with van der Waals surface area (Å²) in [7, 11) is 1.66. The molecule has 2 aliphatic heterocycles. The molecular weight excluding hydrogens is 420 g/mol. The maximum Gasteiger partial charge on any atom is 0.274 e. The Kier molecular flexibility index (Phi) is 5.87. The average Bonchev–Trinajstić information content (AvgIpc) is 3.35. The van der Waals surface area contributed by atoms with Crippen molar-refractivity contribution in [2.75, 3.05) is 26.7 Å². The van der Waals surface area contributed by atoms with Gasteiger partial charge in [0.1, 0.15) is 17.3 Å². The molecule has 1 aromatic carbocycles. The highest BCUT2D eigenvalue weighted by Gasteiger charge is 2.31. The van der Waals surface area contributed by atoms with Crippen LogP contribution >= 0.6 is 0 Å².